The Kier molecular flexibility index (Phi) is 11.0. The van der Waals surface area contributed by atoms with E-state index >= 15 is 4.39 Å². The van der Waals surface area contributed by atoms with Crippen LogP contribution in [0, 0.1) is 12.7 Å². The van der Waals surface area contributed by atoms with Crippen LogP contribution in [0.4, 0.5) is 32.0 Å². The second-order valence-corrected chi connectivity index (χ2v) is 8.88. The van der Waals surface area contributed by atoms with Gasteiger partial charge >= 0.3 is 6.18 Å². The van der Waals surface area contributed by atoms with E-state index < -0.39 is 43.8 Å². The van der Waals surface area contributed by atoms with Gasteiger partial charge < -0.3 is 15.5 Å². The predicted octanol–water partition coefficient (Wildman–Crippen LogP) is 7.63. The molecule has 0 aromatic heterocycles. The second kappa shape index (κ2) is 13.6. The topological polar surface area (TPSA) is 32.5 Å². The highest BCUT2D eigenvalue weighted by molar-refractivity contribution is 5.69. The Morgan fingerprint density at radius 3 is 2.23 bits per heavy atom. The minimum absolute atomic E-state index is 0.0154. The van der Waals surface area contributed by atoms with E-state index in [1.165, 1.54) is 50.4 Å². The summed E-state index contributed by atoms with van der Waals surface area (Å²) in [6, 6.07) is 8.58. The molecule has 39 heavy (non-hydrogen) atoms. The fourth-order valence-electron chi connectivity index (χ4n) is 5.06. The van der Waals surface area contributed by atoms with Gasteiger partial charge in [-0.3, -0.25) is 4.39 Å². The Hall–Kier alpha value is -3.46. The highest BCUT2D eigenvalue weighted by atomic mass is 19.4. The van der Waals surface area contributed by atoms with Crippen molar-refractivity contribution in [2.45, 2.75) is 38.7 Å². The SMILES string of the molecule is C=C/C=C(\C=C/C)CN1C(=C)N(CC(F)(F)F)C(CCF)(c2ccc(CF)cc2)c2c1ccc(F)c2C.CN. The summed E-state index contributed by atoms with van der Waals surface area (Å²) >= 11 is 0. The Labute approximate surface area is 226 Å². The standard InChI is InChI=1S/C29H30F6N2.CH5N/c1-5-7-23(8-6-2)18-36-21(4)37(19-29(33,34)35)28(15-16-30,24-11-9-22(17-31)10-12-24)27-20(3)25(32)13-14-26(27)36;1-2/h5-14H,1,4,15-19H2,2-3H3;2H2,1H3/b8-6-,23-7+;. The fourth-order valence-corrected chi connectivity index (χ4v) is 5.06. The summed E-state index contributed by atoms with van der Waals surface area (Å²) < 4.78 is 84.8. The Balaban J connectivity index is 0.00000260. The van der Waals surface area contributed by atoms with Crippen LogP contribution in [0.5, 0.6) is 0 Å². The first kappa shape index (κ1) is 31.8. The molecule has 9 heteroatoms. The van der Waals surface area contributed by atoms with Crippen molar-refractivity contribution in [1.82, 2.24) is 4.90 Å². The van der Waals surface area contributed by atoms with E-state index in [-0.39, 0.29) is 29.1 Å². The van der Waals surface area contributed by atoms with Crippen LogP contribution < -0.4 is 10.6 Å². The molecule has 212 valence electrons. The highest BCUT2D eigenvalue weighted by Crippen LogP contribution is 2.52. The van der Waals surface area contributed by atoms with Gasteiger partial charge in [0.15, 0.2) is 0 Å². The molecule has 2 N–H and O–H groups in total. The highest BCUT2D eigenvalue weighted by Gasteiger charge is 2.52. The van der Waals surface area contributed by atoms with Crippen LogP contribution in [0.25, 0.3) is 0 Å². The molecular formula is C30H35F6N3. The molecule has 1 aliphatic rings. The number of benzene rings is 2. The van der Waals surface area contributed by atoms with Crippen molar-refractivity contribution in [3.05, 3.63) is 113 Å². The molecule has 1 unspecified atom stereocenters. The first-order valence-electron chi connectivity index (χ1n) is 12.4. The van der Waals surface area contributed by atoms with Gasteiger partial charge in [0.2, 0.25) is 0 Å². The lowest BCUT2D eigenvalue weighted by molar-refractivity contribution is -0.153. The molecular weight excluding hydrogens is 516 g/mol. The lowest BCUT2D eigenvalue weighted by Gasteiger charge is -2.55. The number of hydrogen-bond acceptors (Lipinski definition) is 3. The zero-order chi connectivity index (χ0) is 29.4. The van der Waals surface area contributed by atoms with Crippen molar-refractivity contribution in [3.63, 3.8) is 0 Å². The number of alkyl halides is 5. The maximum Gasteiger partial charge on any atom is 0.406 e. The van der Waals surface area contributed by atoms with Crippen LogP contribution in [0.15, 0.2) is 85.3 Å². The quantitative estimate of drug-likeness (QED) is 0.257. The molecule has 1 atom stereocenters. The van der Waals surface area contributed by atoms with Crippen LogP contribution >= 0.6 is 0 Å². The lowest BCUT2D eigenvalue weighted by Crippen LogP contribution is -2.57. The first-order valence-corrected chi connectivity index (χ1v) is 12.4. The van der Waals surface area contributed by atoms with E-state index in [1.54, 1.807) is 36.1 Å². The van der Waals surface area contributed by atoms with Gasteiger partial charge in [0.05, 0.1) is 12.2 Å². The predicted molar refractivity (Wildman–Crippen MR) is 146 cm³/mol. The third kappa shape index (κ3) is 6.58. The van der Waals surface area contributed by atoms with Crippen LogP contribution in [0.1, 0.15) is 35.6 Å². The maximum absolute atomic E-state index is 15.1. The molecule has 0 aliphatic carbocycles. The van der Waals surface area contributed by atoms with Crippen molar-refractivity contribution in [1.29, 1.82) is 0 Å². The molecule has 0 radical (unpaired) electrons. The second-order valence-electron chi connectivity index (χ2n) is 8.88. The third-order valence-electron chi connectivity index (χ3n) is 6.60. The number of hydrogen-bond donors (Lipinski definition) is 1. The summed E-state index contributed by atoms with van der Waals surface area (Å²) in [6.45, 7) is 7.92. The van der Waals surface area contributed by atoms with Gasteiger partial charge in [-0.25, -0.2) is 8.78 Å². The maximum atomic E-state index is 15.1. The molecule has 0 bridgehead atoms. The van der Waals surface area contributed by atoms with E-state index in [4.69, 9.17) is 0 Å². The van der Waals surface area contributed by atoms with Crippen LogP contribution in [-0.2, 0) is 12.2 Å². The molecule has 2 aromatic rings. The normalized spacial score (nSPS) is 17.7. The summed E-state index contributed by atoms with van der Waals surface area (Å²) in [4.78, 5) is 2.59. The number of nitrogens with two attached hydrogens (primary N) is 1. The number of rotatable bonds is 9. The van der Waals surface area contributed by atoms with Gasteiger partial charge in [0.25, 0.3) is 0 Å². The van der Waals surface area contributed by atoms with E-state index in [9.17, 15) is 22.0 Å². The molecule has 0 spiro atoms. The summed E-state index contributed by atoms with van der Waals surface area (Å²) in [7, 11) is 1.50. The van der Waals surface area contributed by atoms with Gasteiger partial charge in [-0.2, -0.15) is 13.2 Å². The van der Waals surface area contributed by atoms with E-state index in [2.05, 4.69) is 18.9 Å². The monoisotopic (exact) mass is 551 g/mol. The minimum Gasteiger partial charge on any atom is -0.335 e. The van der Waals surface area contributed by atoms with Crippen LogP contribution in [0.2, 0.25) is 0 Å². The van der Waals surface area contributed by atoms with Crippen LogP contribution in [-0.4, -0.2) is 37.9 Å². The smallest absolute Gasteiger partial charge is 0.335 e. The zero-order valence-electron chi connectivity index (χ0n) is 22.5. The number of anilines is 1. The molecule has 0 fully saturated rings. The van der Waals surface area contributed by atoms with Gasteiger partial charge in [-0.05, 0) is 55.3 Å². The summed E-state index contributed by atoms with van der Waals surface area (Å²) in [5.74, 6) is -0.643. The van der Waals surface area contributed by atoms with Crippen molar-refractivity contribution in [3.8, 4) is 0 Å². The van der Waals surface area contributed by atoms with Crippen molar-refractivity contribution in [2.75, 3.05) is 31.7 Å². The number of halogens is 6. The number of allylic oxidation sites excluding steroid dienone is 3. The largest absolute Gasteiger partial charge is 0.406 e. The number of fused-ring (bicyclic) bond motifs is 1. The average molecular weight is 552 g/mol. The van der Waals surface area contributed by atoms with E-state index in [0.29, 0.717) is 11.3 Å². The molecule has 1 aliphatic heterocycles. The fraction of sp³-hybridized carbons (Fsp3) is 0.333. The summed E-state index contributed by atoms with van der Waals surface area (Å²) in [5, 5.41) is 0. The molecule has 2 aromatic carbocycles. The molecule has 0 amide bonds. The van der Waals surface area contributed by atoms with E-state index in [0.717, 1.165) is 10.5 Å². The van der Waals surface area contributed by atoms with Crippen molar-refractivity contribution < 1.29 is 26.3 Å². The lowest BCUT2D eigenvalue weighted by atomic mass is 9.74. The molecule has 0 saturated carbocycles. The van der Waals surface area contributed by atoms with Gasteiger partial charge in [-0.1, -0.05) is 61.7 Å². The minimum atomic E-state index is -4.68. The Bertz CT molecular complexity index is 1200. The molecule has 1 heterocycles. The Morgan fingerprint density at radius 1 is 1.08 bits per heavy atom. The van der Waals surface area contributed by atoms with E-state index in [1.807, 2.05) is 0 Å². The summed E-state index contributed by atoms with van der Waals surface area (Å²) in [6.07, 6.45) is 1.77. The first-order chi connectivity index (χ1) is 18.5. The Morgan fingerprint density at radius 2 is 1.72 bits per heavy atom. The number of nitrogens with zero attached hydrogens (tertiary/aromatic N) is 2. The molecule has 0 saturated heterocycles. The van der Waals surface area contributed by atoms with Gasteiger partial charge in [-0.15, -0.1) is 0 Å². The third-order valence-corrected chi connectivity index (χ3v) is 6.60. The molecule has 3 nitrogen and oxygen atoms in total. The van der Waals surface area contributed by atoms with Gasteiger partial charge in [0.1, 0.15) is 24.9 Å². The summed E-state index contributed by atoms with van der Waals surface area (Å²) in [5.41, 5.74) is 4.83. The molecule has 3 rings (SSSR count). The average Bonchev–Trinajstić information content (AvgIpc) is 2.91. The van der Waals surface area contributed by atoms with Gasteiger partial charge in [0, 0.05) is 24.2 Å². The zero-order valence-corrected chi connectivity index (χ0v) is 22.5. The van der Waals surface area contributed by atoms with Crippen molar-refractivity contribution in [2.24, 2.45) is 5.73 Å². The van der Waals surface area contributed by atoms with Crippen molar-refractivity contribution >= 4 is 5.69 Å². The van der Waals surface area contributed by atoms with Crippen LogP contribution in [0.3, 0.4) is 0 Å².